The molecular weight excluding hydrogens is 395 g/mol. The van der Waals surface area contributed by atoms with Crippen molar-refractivity contribution in [3.8, 4) is 0 Å². The monoisotopic (exact) mass is 420 g/mol. The van der Waals surface area contributed by atoms with Crippen molar-refractivity contribution in [3.05, 3.63) is 29.5 Å². The molecule has 0 aromatic carbocycles. The van der Waals surface area contributed by atoms with Crippen LogP contribution in [0.2, 0.25) is 0 Å². The SMILES string of the molecule is COCc1nc(NCc2cnc(SC)n2C)cc(C2CC(N)C2)n1.Cl.Cl. The number of nitrogens with two attached hydrogens (primary N) is 1. The molecule has 2 aromatic rings. The van der Waals surface area contributed by atoms with E-state index in [9.17, 15) is 0 Å². The molecule has 0 bridgehead atoms. The van der Waals surface area contributed by atoms with Gasteiger partial charge in [-0.05, 0) is 19.1 Å². The summed E-state index contributed by atoms with van der Waals surface area (Å²) in [6.07, 6.45) is 5.89. The van der Waals surface area contributed by atoms with Gasteiger partial charge in [-0.2, -0.15) is 0 Å². The maximum absolute atomic E-state index is 5.91. The second kappa shape index (κ2) is 10.3. The second-order valence-corrected chi connectivity index (χ2v) is 6.88. The Labute approximate surface area is 170 Å². The van der Waals surface area contributed by atoms with Crippen LogP contribution >= 0.6 is 36.6 Å². The minimum absolute atomic E-state index is 0. The summed E-state index contributed by atoms with van der Waals surface area (Å²) in [5.41, 5.74) is 8.07. The van der Waals surface area contributed by atoms with E-state index in [0.717, 1.165) is 35.2 Å². The lowest BCUT2D eigenvalue weighted by atomic mass is 9.78. The summed E-state index contributed by atoms with van der Waals surface area (Å²) in [6.45, 7) is 1.07. The van der Waals surface area contributed by atoms with Gasteiger partial charge in [-0.1, -0.05) is 11.8 Å². The lowest BCUT2D eigenvalue weighted by molar-refractivity contribution is 0.177. The van der Waals surface area contributed by atoms with Crippen LogP contribution in [0.5, 0.6) is 0 Å². The van der Waals surface area contributed by atoms with E-state index in [-0.39, 0.29) is 24.8 Å². The van der Waals surface area contributed by atoms with Crippen molar-refractivity contribution in [3.63, 3.8) is 0 Å². The lowest BCUT2D eigenvalue weighted by Crippen LogP contribution is -2.35. The lowest BCUT2D eigenvalue weighted by Gasteiger charge is -2.32. The molecule has 10 heteroatoms. The van der Waals surface area contributed by atoms with E-state index in [0.29, 0.717) is 30.9 Å². The first kappa shape index (κ1) is 23.0. The number of aromatic nitrogens is 4. The zero-order valence-corrected chi connectivity index (χ0v) is 17.6. The molecule has 3 rings (SSSR count). The Morgan fingerprint density at radius 3 is 2.65 bits per heavy atom. The van der Waals surface area contributed by atoms with Crippen LogP contribution in [0.25, 0.3) is 0 Å². The first-order chi connectivity index (χ1) is 11.6. The Bertz CT molecular complexity index is 708. The molecule has 0 radical (unpaired) electrons. The fourth-order valence-electron chi connectivity index (χ4n) is 2.88. The van der Waals surface area contributed by atoms with Gasteiger partial charge in [0.2, 0.25) is 0 Å². The molecule has 146 valence electrons. The van der Waals surface area contributed by atoms with Gasteiger partial charge >= 0.3 is 0 Å². The maximum Gasteiger partial charge on any atom is 0.167 e. The van der Waals surface area contributed by atoms with Gasteiger partial charge in [0.25, 0.3) is 0 Å². The number of anilines is 1. The predicted molar refractivity (Wildman–Crippen MR) is 110 cm³/mol. The summed E-state index contributed by atoms with van der Waals surface area (Å²) >= 11 is 1.63. The third kappa shape index (κ3) is 5.23. The van der Waals surface area contributed by atoms with Gasteiger partial charge in [0, 0.05) is 37.9 Å². The third-order valence-electron chi connectivity index (χ3n) is 4.33. The molecule has 1 aliphatic rings. The largest absolute Gasteiger partial charge is 0.377 e. The Kier molecular flexibility index (Phi) is 9.12. The minimum Gasteiger partial charge on any atom is -0.377 e. The van der Waals surface area contributed by atoms with Crippen LogP contribution in [0, 0.1) is 0 Å². The van der Waals surface area contributed by atoms with Crippen LogP contribution in [-0.4, -0.2) is 38.9 Å². The fourth-order valence-corrected chi connectivity index (χ4v) is 3.42. The number of imidazole rings is 1. The summed E-state index contributed by atoms with van der Waals surface area (Å²) in [5.74, 6) is 1.95. The van der Waals surface area contributed by atoms with E-state index in [1.807, 2.05) is 25.6 Å². The average Bonchev–Trinajstić information content (AvgIpc) is 2.90. The first-order valence-electron chi connectivity index (χ1n) is 8.01. The molecule has 0 amide bonds. The maximum atomic E-state index is 5.91. The van der Waals surface area contributed by atoms with Crippen molar-refractivity contribution in [1.29, 1.82) is 0 Å². The molecule has 2 aromatic heterocycles. The van der Waals surface area contributed by atoms with E-state index >= 15 is 0 Å². The van der Waals surface area contributed by atoms with E-state index in [2.05, 4.69) is 24.8 Å². The highest BCUT2D eigenvalue weighted by atomic mass is 35.5. The minimum atomic E-state index is 0. The van der Waals surface area contributed by atoms with E-state index in [1.165, 1.54) is 0 Å². The molecule has 0 aliphatic heterocycles. The van der Waals surface area contributed by atoms with Gasteiger partial charge in [0.15, 0.2) is 11.0 Å². The Hall–Kier alpha value is -1.06. The Balaban J connectivity index is 0.00000169. The number of hydrogen-bond donors (Lipinski definition) is 2. The van der Waals surface area contributed by atoms with Crippen molar-refractivity contribution in [2.75, 3.05) is 18.7 Å². The highest BCUT2D eigenvalue weighted by molar-refractivity contribution is 7.98. The molecule has 3 N–H and O–H groups in total. The number of halogens is 2. The van der Waals surface area contributed by atoms with Gasteiger partial charge in [0.1, 0.15) is 12.4 Å². The van der Waals surface area contributed by atoms with Gasteiger partial charge in [0.05, 0.1) is 18.4 Å². The van der Waals surface area contributed by atoms with Gasteiger partial charge in [-0.3, -0.25) is 0 Å². The van der Waals surface area contributed by atoms with Crippen molar-refractivity contribution in [2.24, 2.45) is 12.8 Å². The number of ether oxygens (including phenoxy) is 1. The molecule has 0 atom stereocenters. The zero-order chi connectivity index (χ0) is 17.1. The number of methoxy groups -OCH3 is 1. The summed E-state index contributed by atoms with van der Waals surface area (Å²) in [4.78, 5) is 13.5. The molecule has 0 spiro atoms. The fraction of sp³-hybridized carbons (Fsp3) is 0.562. The summed E-state index contributed by atoms with van der Waals surface area (Å²) in [7, 11) is 3.68. The number of rotatable bonds is 7. The molecule has 26 heavy (non-hydrogen) atoms. The standard InChI is InChI=1S/C16H24N6OS.2ClH/c1-22-12(8-19-16(22)24-3)7-18-14-6-13(10-4-11(17)5-10)20-15(21-14)9-23-2;;/h6,8,10-11H,4-5,7,9,17H2,1-3H3,(H,18,20,21);2*1H. The van der Waals surface area contributed by atoms with E-state index < -0.39 is 0 Å². The number of hydrogen-bond acceptors (Lipinski definition) is 7. The van der Waals surface area contributed by atoms with Crippen molar-refractivity contribution in [1.82, 2.24) is 19.5 Å². The first-order valence-corrected chi connectivity index (χ1v) is 9.24. The molecule has 1 fully saturated rings. The number of nitrogens with zero attached hydrogens (tertiary/aromatic N) is 4. The molecule has 2 heterocycles. The van der Waals surface area contributed by atoms with Crippen molar-refractivity contribution in [2.45, 2.75) is 43.1 Å². The summed E-state index contributed by atoms with van der Waals surface area (Å²) in [5, 5.41) is 4.38. The predicted octanol–water partition coefficient (Wildman–Crippen LogP) is 2.74. The number of nitrogens with one attached hydrogen (secondary N) is 1. The Morgan fingerprint density at radius 2 is 2.08 bits per heavy atom. The van der Waals surface area contributed by atoms with Crippen molar-refractivity contribution >= 4 is 42.4 Å². The molecule has 0 saturated heterocycles. The number of thioether (sulfide) groups is 1. The van der Waals surface area contributed by atoms with Crippen LogP contribution in [0.3, 0.4) is 0 Å². The molecule has 7 nitrogen and oxygen atoms in total. The summed E-state index contributed by atoms with van der Waals surface area (Å²) < 4.78 is 7.28. The normalized spacial score (nSPS) is 18.5. The van der Waals surface area contributed by atoms with Crippen LogP contribution in [0.15, 0.2) is 17.4 Å². The van der Waals surface area contributed by atoms with Gasteiger partial charge in [-0.15, -0.1) is 24.8 Å². The smallest absolute Gasteiger partial charge is 0.167 e. The highest BCUT2D eigenvalue weighted by Crippen LogP contribution is 2.35. The average molecular weight is 421 g/mol. The highest BCUT2D eigenvalue weighted by Gasteiger charge is 2.29. The zero-order valence-electron chi connectivity index (χ0n) is 15.1. The van der Waals surface area contributed by atoms with Crippen LogP contribution in [-0.2, 0) is 24.9 Å². The van der Waals surface area contributed by atoms with Gasteiger partial charge in [-0.25, -0.2) is 15.0 Å². The van der Waals surface area contributed by atoms with E-state index in [1.54, 1.807) is 18.9 Å². The quantitative estimate of drug-likeness (QED) is 0.665. The summed E-state index contributed by atoms with van der Waals surface area (Å²) in [6, 6.07) is 2.33. The molecule has 1 aliphatic carbocycles. The molecule has 1 saturated carbocycles. The third-order valence-corrected chi connectivity index (χ3v) is 5.08. The van der Waals surface area contributed by atoms with E-state index in [4.69, 9.17) is 10.5 Å². The van der Waals surface area contributed by atoms with Crippen LogP contribution < -0.4 is 11.1 Å². The second-order valence-electron chi connectivity index (χ2n) is 6.10. The molecular formula is C16H26Cl2N6OS. The topological polar surface area (TPSA) is 90.9 Å². The van der Waals surface area contributed by atoms with Gasteiger partial charge < -0.3 is 20.4 Å². The Morgan fingerprint density at radius 1 is 1.35 bits per heavy atom. The van der Waals surface area contributed by atoms with Crippen LogP contribution in [0.1, 0.15) is 36.0 Å². The van der Waals surface area contributed by atoms with Crippen LogP contribution in [0.4, 0.5) is 5.82 Å². The van der Waals surface area contributed by atoms with Crippen molar-refractivity contribution < 1.29 is 4.74 Å². The molecule has 0 unspecified atom stereocenters.